The fourth-order valence-corrected chi connectivity index (χ4v) is 3.41. The summed E-state index contributed by atoms with van der Waals surface area (Å²) in [5.74, 6) is 1.98. The minimum absolute atomic E-state index is 0.0572. The third kappa shape index (κ3) is 5.27. The van der Waals surface area contributed by atoms with Gasteiger partial charge in [0.2, 0.25) is 0 Å². The minimum atomic E-state index is -0.0572. The first-order valence-corrected chi connectivity index (χ1v) is 8.07. The van der Waals surface area contributed by atoms with Gasteiger partial charge < -0.3 is 10.8 Å². The first-order chi connectivity index (χ1) is 8.69. The second-order valence-electron chi connectivity index (χ2n) is 6.29. The van der Waals surface area contributed by atoms with Crippen LogP contribution >= 0.6 is 0 Å². The number of hydrogen-bond donors (Lipinski definition) is 2. The van der Waals surface area contributed by atoms with Gasteiger partial charge >= 0.3 is 0 Å². The molecular formula is C16H33NO. The first kappa shape index (κ1) is 16.0. The Labute approximate surface area is 113 Å². The molecule has 1 aliphatic rings. The molecule has 0 saturated heterocycles. The molecule has 0 aromatic heterocycles. The Morgan fingerprint density at radius 3 is 2.44 bits per heavy atom. The second-order valence-corrected chi connectivity index (χ2v) is 6.29. The van der Waals surface area contributed by atoms with Gasteiger partial charge in [-0.3, -0.25) is 0 Å². The summed E-state index contributed by atoms with van der Waals surface area (Å²) in [6.07, 6.45) is 11.0. The maximum atomic E-state index is 10.3. The lowest BCUT2D eigenvalue weighted by Crippen LogP contribution is -2.29. The van der Waals surface area contributed by atoms with Crippen LogP contribution in [0.1, 0.15) is 71.6 Å². The van der Waals surface area contributed by atoms with Crippen LogP contribution in [-0.4, -0.2) is 17.8 Å². The van der Waals surface area contributed by atoms with Gasteiger partial charge in [-0.15, -0.1) is 0 Å². The molecule has 0 amide bonds. The van der Waals surface area contributed by atoms with E-state index in [9.17, 15) is 5.11 Å². The summed E-state index contributed by atoms with van der Waals surface area (Å²) in [5.41, 5.74) is 5.71. The molecule has 0 aromatic rings. The Balaban J connectivity index is 2.14. The molecule has 0 spiro atoms. The third-order valence-electron chi connectivity index (χ3n) is 4.94. The Kier molecular flexibility index (Phi) is 7.92. The molecule has 18 heavy (non-hydrogen) atoms. The molecule has 108 valence electrons. The van der Waals surface area contributed by atoms with Crippen molar-refractivity contribution in [1.82, 2.24) is 0 Å². The lowest BCUT2D eigenvalue weighted by atomic mass is 9.76. The van der Waals surface area contributed by atoms with E-state index in [1.807, 2.05) is 0 Å². The molecule has 2 nitrogen and oxygen atoms in total. The first-order valence-electron chi connectivity index (χ1n) is 8.07. The van der Waals surface area contributed by atoms with Crippen molar-refractivity contribution in [1.29, 1.82) is 0 Å². The number of aliphatic hydroxyl groups is 1. The quantitative estimate of drug-likeness (QED) is 0.649. The van der Waals surface area contributed by atoms with Gasteiger partial charge in [0.05, 0.1) is 6.10 Å². The van der Waals surface area contributed by atoms with Gasteiger partial charge in [0.1, 0.15) is 0 Å². The normalized spacial score (nSPS) is 28.0. The van der Waals surface area contributed by atoms with Gasteiger partial charge in [-0.1, -0.05) is 52.4 Å². The van der Waals surface area contributed by atoms with Crippen LogP contribution in [0.5, 0.6) is 0 Å². The molecule has 3 N–H and O–H groups in total. The zero-order valence-corrected chi connectivity index (χ0v) is 12.4. The lowest BCUT2D eigenvalue weighted by Gasteiger charge is -2.32. The number of aliphatic hydroxyl groups excluding tert-OH is 1. The van der Waals surface area contributed by atoms with Crippen LogP contribution in [-0.2, 0) is 0 Å². The third-order valence-corrected chi connectivity index (χ3v) is 4.94. The molecule has 2 unspecified atom stereocenters. The van der Waals surface area contributed by atoms with Crippen molar-refractivity contribution in [2.24, 2.45) is 23.5 Å². The zero-order valence-electron chi connectivity index (χ0n) is 12.4. The van der Waals surface area contributed by atoms with E-state index >= 15 is 0 Å². The Morgan fingerprint density at radius 2 is 1.83 bits per heavy atom. The Morgan fingerprint density at radius 1 is 1.17 bits per heavy atom. The second kappa shape index (κ2) is 8.92. The van der Waals surface area contributed by atoms with Crippen LogP contribution in [0.15, 0.2) is 0 Å². The van der Waals surface area contributed by atoms with Crippen molar-refractivity contribution in [3.63, 3.8) is 0 Å². The predicted octanol–water partition coefficient (Wildman–Crippen LogP) is 3.72. The molecule has 2 heteroatoms. The number of hydrogen-bond acceptors (Lipinski definition) is 2. The Hall–Kier alpha value is -0.0800. The highest BCUT2D eigenvalue weighted by Gasteiger charge is 2.27. The van der Waals surface area contributed by atoms with E-state index < -0.39 is 0 Å². The summed E-state index contributed by atoms with van der Waals surface area (Å²) in [4.78, 5) is 0. The highest BCUT2D eigenvalue weighted by atomic mass is 16.3. The summed E-state index contributed by atoms with van der Waals surface area (Å²) >= 11 is 0. The monoisotopic (exact) mass is 255 g/mol. The van der Waals surface area contributed by atoms with Gasteiger partial charge in [-0.25, -0.2) is 0 Å². The zero-order chi connectivity index (χ0) is 13.4. The van der Waals surface area contributed by atoms with E-state index in [4.69, 9.17) is 5.73 Å². The largest absolute Gasteiger partial charge is 0.393 e. The van der Waals surface area contributed by atoms with Gasteiger partial charge in [0, 0.05) is 0 Å². The highest BCUT2D eigenvalue weighted by Crippen LogP contribution is 2.33. The molecular weight excluding hydrogens is 222 g/mol. The molecule has 0 bridgehead atoms. The van der Waals surface area contributed by atoms with Crippen molar-refractivity contribution < 1.29 is 5.11 Å². The molecule has 1 rings (SSSR count). The summed E-state index contributed by atoms with van der Waals surface area (Å²) in [6, 6.07) is 0. The number of nitrogens with two attached hydrogens (primary N) is 1. The van der Waals surface area contributed by atoms with Crippen molar-refractivity contribution in [2.45, 2.75) is 77.7 Å². The predicted molar refractivity (Wildman–Crippen MR) is 78.4 cm³/mol. The summed E-state index contributed by atoms with van der Waals surface area (Å²) < 4.78 is 0. The van der Waals surface area contributed by atoms with Crippen LogP contribution in [0.3, 0.4) is 0 Å². The average molecular weight is 255 g/mol. The van der Waals surface area contributed by atoms with Crippen molar-refractivity contribution in [2.75, 3.05) is 6.54 Å². The number of rotatable bonds is 8. The van der Waals surface area contributed by atoms with Gasteiger partial charge in [0.25, 0.3) is 0 Å². The van der Waals surface area contributed by atoms with E-state index in [1.54, 1.807) is 0 Å². The summed E-state index contributed by atoms with van der Waals surface area (Å²) in [7, 11) is 0. The number of unbranched alkanes of at least 4 members (excludes halogenated alkanes) is 1. The van der Waals surface area contributed by atoms with Crippen LogP contribution < -0.4 is 5.73 Å². The van der Waals surface area contributed by atoms with E-state index in [-0.39, 0.29) is 6.10 Å². The average Bonchev–Trinajstić information content (AvgIpc) is 2.39. The molecule has 1 saturated carbocycles. The standard InChI is InChI=1S/C16H33NO/c1-3-14(12-17)9-5-7-11-16(18)15-10-6-4-8-13(15)2/h13-16,18H,3-12,17H2,1-2H3/t13-,14-,15?,16?/m0/s1. The summed E-state index contributed by atoms with van der Waals surface area (Å²) in [6.45, 7) is 5.35. The maximum Gasteiger partial charge on any atom is 0.0570 e. The Bertz CT molecular complexity index is 203. The fraction of sp³-hybridized carbons (Fsp3) is 1.00. The minimum Gasteiger partial charge on any atom is -0.393 e. The van der Waals surface area contributed by atoms with Gasteiger partial charge in [0.15, 0.2) is 0 Å². The van der Waals surface area contributed by atoms with Gasteiger partial charge in [-0.2, -0.15) is 0 Å². The molecule has 4 atom stereocenters. The van der Waals surface area contributed by atoms with Crippen LogP contribution in [0.4, 0.5) is 0 Å². The van der Waals surface area contributed by atoms with Crippen LogP contribution in [0, 0.1) is 17.8 Å². The summed E-state index contributed by atoms with van der Waals surface area (Å²) in [5, 5.41) is 10.3. The van der Waals surface area contributed by atoms with Crippen molar-refractivity contribution in [3.8, 4) is 0 Å². The highest BCUT2D eigenvalue weighted by molar-refractivity contribution is 4.78. The SMILES string of the molecule is CC[C@H](CN)CCCCC(O)C1CCCC[C@@H]1C. The van der Waals surface area contributed by atoms with Crippen molar-refractivity contribution >= 4 is 0 Å². The maximum absolute atomic E-state index is 10.3. The topological polar surface area (TPSA) is 46.2 Å². The smallest absolute Gasteiger partial charge is 0.0570 e. The van der Waals surface area contributed by atoms with E-state index in [2.05, 4.69) is 13.8 Å². The molecule has 1 fully saturated rings. The molecule has 0 radical (unpaired) electrons. The van der Waals surface area contributed by atoms with E-state index in [0.717, 1.165) is 18.9 Å². The van der Waals surface area contributed by atoms with Crippen molar-refractivity contribution in [3.05, 3.63) is 0 Å². The molecule has 0 aliphatic heterocycles. The van der Waals surface area contributed by atoms with E-state index in [0.29, 0.717) is 11.8 Å². The van der Waals surface area contributed by atoms with Crippen LogP contribution in [0.2, 0.25) is 0 Å². The molecule has 1 aliphatic carbocycles. The molecule has 0 heterocycles. The lowest BCUT2D eigenvalue weighted by molar-refractivity contribution is 0.0452. The van der Waals surface area contributed by atoms with E-state index in [1.165, 1.54) is 51.4 Å². The molecule has 0 aromatic carbocycles. The fourth-order valence-electron chi connectivity index (χ4n) is 3.41. The van der Waals surface area contributed by atoms with Crippen LogP contribution in [0.25, 0.3) is 0 Å². The van der Waals surface area contributed by atoms with Gasteiger partial charge in [-0.05, 0) is 43.6 Å².